The van der Waals surface area contributed by atoms with E-state index in [1.54, 1.807) is 7.11 Å². The molecule has 6 rings (SSSR count). The van der Waals surface area contributed by atoms with Crippen LogP contribution in [0.15, 0.2) is 140 Å². The molecule has 3 nitrogen and oxygen atoms in total. The second kappa shape index (κ2) is 60.3. The Balaban J connectivity index is -0.000000215. The normalized spacial score (nSPS) is 11.7. The Hall–Kier alpha value is -4.96. The quantitative estimate of drug-likeness (QED) is 0.102. The zero-order chi connectivity index (χ0) is 67.8. The van der Waals surface area contributed by atoms with E-state index in [2.05, 4.69) is 233 Å². The summed E-state index contributed by atoms with van der Waals surface area (Å²) in [5.74, 6) is 4.85. The van der Waals surface area contributed by atoms with Crippen molar-refractivity contribution in [3.05, 3.63) is 206 Å². The van der Waals surface area contributed by atoms with Gasteiger partial charge in [0.25, 0.3) is 0 Å². The van der Waals surface area contributed by atoms with Gasteiger partial charge < -0.3 is 14.9 Å². The van der Waals surface area contributed by atoms with Crippen LogP contribution in [0, 0.1) is 13.8 Å². The maximum Gasteiger partial charge on any atom is 0.118 e. The molecule has 0 fully saturated rings. The van der Waals surface area contributed by atoms with Crippen molar-refractivity contribution in [3.8, 4) is 5.75 Å². The van der Waals surface area contributed by atoms with Crippen LogP contribution in [-0.4, -0.2) is 17.3 Å². The Morgan fingerprint density at radius 1 is 0.360 bits per heavy atom. The van der Waals surface area contributed by atoms with E-state index < -0.39 is 0 Å². The molecule has 6 atom stereocenters. The molecule has 0 amide bonds. The lowest BCUT2D eigenvalue weighted by molar-refractivity contribution is 0.281. The molecular weight excluding hydrogens is 1040 g/mol. The highest BCUT2D eigenvalue weighted by Crippen LogP contribution is 2.28. The van der Waals surface area contributed by atoms with E-state index in [1.807, 2.05) is 114 Å². The minimum Gasteiger partial charge on any atom is -0.497 e. The minimum absolute atomic E-state index is 0.143. The monoisotopic (exact) mass is 1190 g/mol. The third kappa shape index (κ3) is 41.2. The molecule has 0 saturated heterocycles. The zero-order valence-electron chi connectivity index (χ0n) is 62.4. The summed E-state index contributed by atoms with van der Waals surface area (Å²) in [5, 5.41) is 18.0. The van der Waals surface area contributed by atoms with Crippen LogP contribution in [0.5, 0.6) is 5.75 Å². The minimum atomic E-state index is 0.143. The average molecular weight is 1190 g/mol. The molecule has 86 heavy (non-hydrogen) atoms. The van der Waals surface area contributed by atoms with Crippen molar-refractivity contribution in [1.82, 2.24) is 0 Å². The molecule has 492 valence electrons. The summed E-state index contributed by atoms with van der Waals surface area (Å²) in [6.45, 7) is 64.2. The van der Waals surface area contributed by atoms with E-state index in [-0.39, 0.29) is 18.6 Å². The summed E-state index contributed by atoms with van der Waals surface area (Å²) in [6.07, 6.45) is 8.29. The Labute approximate surface area is 538 Å². The Bertz CT molecular complexity index is 2300. The van der Waals surface area contributed by atoms with Gasteiger partial charge in [-0.1, -0.05) is 327 Å². The fourth-order valence-electron chi connectivity index (χ4n) is 7.84. The highest BCUT2D eigenvalue weighted by atomic mass is 16.5. The fourth-order valence-corrected chi connectivity index (χ4v) is 7.84. The van der Waals surface area contributed by atoms with Gasteiger partial charge in [-0.25, -0.2) is 0 Å². The molecule has 0 bridgehead atoms. The van der Waals surface area contributed by atoms with E-state index in [0.29, 0.717) is 35.5 Å². The number of benzene rings is 6. The van der Waals surface area contributed by atoms with Crippen molar-refractivity contribution < 1.29 is 14.9 Å². The summed E-state index contributed by atoms with van der Waals surface area (Å²) in [6, 6.07) is 49.6. The van der Waals surface area contributed by atoms with E-state index in [9.17, 15) is 0 Å². The predicted octanol–water partition coefficient (Wildman–Crippen LogP) is 26.8. The van der Waals surface area contributed by atoms with Gasteiger partial charge >= 0.3 is 0 Å². The van der Waals surface area contributed by atoms with Crippen LogP contribution >= 0.6 is 0 Å². The van der Waals surface area contributed by atoms with Crippen molar-refractivity contribution in [2.24, 2.45) is 0 Å². The van der Waals surface area contributed by atoms with Crippen LogP contribution in [0.4, 0.5) is 0 Å². The van der Waals surface area contributed by atoms with Gasteiger partial charge in [0.2, 0.25) is 0 Å². The molecule has 0 aliphatic heterocycles. The molecule has 3 heteroatoms. The second-order valence-electron chi connectivity index (χ2n) is 21.8. The Morgan fingerprint density at radius 3 is 1.01 bits per heavy atom. The summed E-state index contributed by atoms with van der Waals surface area (Å²) in [5.41, 5.74) is 16.2. The van der Waals surface area contributed by atoms with Gasteiger partial charge in [0.1, 0.15) is 5.75 Å². The van der Waals surface area contributed by atoms with Gasteiger partial charge in [-0.15, -0.1) is 0 Å². The van der Waals surface area contributed by atoms with Crippen molar-refractivity contribution in [2.45, 2.75) is 307 Å². The van der Waals surface area contributed by atoms with E-state index in [0.717, 1.165) is 36.1 Å². The standard InChI is InChI=1S/C14H22.C12H18O.C12H18.2C11H16O.C11H16.6C2H6/c1-6-11(2)12-8-7-9-13(10-12)14(3,4)5;1-4-9(2)11-6-5-10(3)12(7-11)8-13;1-4-10(3)12-8-6-7-11(5-2)9-12;1-4-9(2)10-5-7-11(12-3)8-6-10;1-3-9(2)11-6-4-5-10(7-11)8-12;1-4-10(3)11-7-5-9(2)6-8-11;6*1-2/h7-11H,6H2,1-5H3;5-7,9,13H,4,8H2,1-3H3;6-10H,4-5H2,1-3H3;5-9H,4H2,1-3H3;4-7,9,12H,3,8H2,1-2H3;5-8,10H,4H2,1-3H3;6*1-2H3. The number of hydrogen-bond acceptors (Lipinski definition) is 3. The summed E-state index contributed by atoms with van der Waals surface area (Å²) in [7, 11) is 1.69. The predicted molar refractivity (Wildman–Crippen MR) is 395 cm³/mol. The van der Waals surface area contributed by atoms with Gasteiger partial charge in [-0.2, -0.15) is 0 Å². The van der Waals surface area contributed by atoms with Crippen LogP contribution in [-0.2, 0) is 25.0 Å². The van der Waals surface area contributed by atoms with Crippen LogP contribution in [0.2, 0.25) is 0 Å². The van der Waals surface area contributed by atoms with Crippen LogP contribution in [0.25, 0.3) is 0 Å². The molecular formula is C83H142O3. The van der Waals surface area contributed by atoms with E-state index in [4.69, 9.17) is 14.9 Å². The van der Waals surface area contributed by atoms with Gasteiger partial charge in [0.05, 0.1) is 20.3 Å². The van der Waals surface area contributed by atoms with Gasteiger partial charge in [-0.05, 0) is 173 Å². The first-order valence-corrected chi connectivity index (χ1v) is 34.5. The molecule has 6 unspecified atom stereocenters. The Kier molecular flexibility index (Phi) is 64.7. The Morgan fingerprint density at radius 2 is 0.674 bits per heavy atom. The van der Waals surface area contributed by atoms with E-state index in [1.165, 1.54) is 81.3 Å². The van der Waals surface area contributed by atoms with Gasteiger partial charge in [-0.3, -0.25) is 0 Å². The highest BCUT2D eigenvalue weighted by molar-refractivity contribution is 5.33. The number of hydrogen-bond donors (Lipinski definition) is 2. The third-order valence-electron chi connectivity index (χ3n) is 15.1. The molecule has 0 aliphatic carbocycles. The second-order valence-corrected chi connectivity index (χ2v) is 21.8. The van der Waals surface area contributed by atoms with Crippen molar-refractivity contribution in [1.29, 1.82) is 0 Å². The fraction of sp³-hybridized carbons (Fsp3) is 0.566. The number of methoxy groups -OCH3 is 1. The average Bonchev–Trinajstić information content (AvgIpc) is 3.71. The molecule has 0 radical (unpaired) electrons. The highest BCUT2D eigenvalue weighted by Gasteiger charge is 2.15. The van der Waals surface area contributed by atoms with Crippen molar-refractivity contribution >= 4 is 0 Å². The zero-order valence-corrected chi connectivity index (χ0v) is 62.4. The largest absolute Gasteiger partial charge is 0.497 e. The molecule has 0 saturated carbocycles. The molecule has 0 aromatic heterocycles. The number of rotatable bonds is 16. The lowest BCUT2D eigenvalue weighted by Gasteiger charge is -2.21. The summed E-state index contributed by atoms with van der Waals surface area (Å²) < 4.78 is 5.08. The molecule has 0 spiro atoms. The maximum atomic E-state index is 9.10. The SMILES string of the molecule is CC.CC.CC.CC.CC.CC.CCC(C)c1ccc(C)c(CO)c1.CCC(C)c1ccc(C)cc1.CCC(C)c1ccc(OC)cc1.CCC(C)c1cccc(C(C)(C)C)c1.CCC(C)c1cccc(CO)c1.CCc1cccc(C(C)CC)c1. The molecule has 6 aromatic rings. The number of aliphatic hydroxyl groups is 2. The maximum absolute atomic E-state index is 9.10. The first kappa shape index (κ1) is 92.2. The van der Waals surface area contributed by atoms with Gasteiger partial charge in [0, 0.05) is 0 Å². The van der Waals surface area contributed by atoms with Crippen LogP contribution < -0.4 is 4.74 Å². The third-order valence-corrected chi connectivity index (χ3v) is 15.1. The van der Waals surface area contributed by atoms with Crippen LogP contribution in [0.3, 0.4) is 0 Å². The van der Waals surface area contributed by atoms with Gasteiger partial charge in [0.15, 0.2) is 0 Å². The number of aryl methyl sites for hydroxylation is 3. The van der Waals surface area contributed by atoms with Crippen molar-refractivity contribution in [2.75, 3.05) is 7.11 Å². The number of ether oxygens (including phenoxy) is 1. The van der Waals surface area contributed by atoms with Crippen LogP contribution in [0.1, 0.15) is 335 Å². The lowest BCUT2D eigenvalue weighted by Crippen LogP contribution is -2.11. The summed E-state index contributed by atoms with van der Waals surface area (Å²) >= 11 is 0. The molecule has 6 aromatic carbocycles. The molecule has 0 aliphatic rings. The smallest absolute Gasteiger partial charge is 0.118 e. The molecule has 2 N–H and O–H groups in total. The lowest BCUT2D eigenvalue weighted by atomic mass is 9.84. The van der Waals surface area contributed by atoms with Crippen molar-refractivity contribution in [3.63, 3.8) is 0 Å². The molecule has 0 heterocycles. The topological polar surface area (TPSA) is 49.7 Å². The van der Waals surface area contributed by atoms with E-state index >= 15 is 0 Å². The first-order chi connectivity index (χ1) is 41.2. The summed E-state index contributed by atoms with van der Waals surface area (Å²) in [4.78, 5) is 0. The first-order valence-electron chi connectivity index (χ1n) is 34.5. The number of aliphatic hydroxyl groups excluding tert-OH is 2.